The van der Waals surface area contributed by atoms with Crippen molar-refractivity contribution < 1.29 is 18.0 Å². The first-order valence-electron chi connectivity index (χ1n) is 7.59. The number of amides is 2. The summed E-state index contributed by atoms with van der Waals surface area (Å²) in [5.74, 6) is -1.30. The highest BCUT2D eigenvalue weighted by atomic mass is 79.9. The van der Waals surface area contributed by atoms with Gasteiger partial charge in [-0.1, -0.05) is 12.1 Å². The molecule has 1 aromatic carbocycles. The maximum atomic E-state index is 12.5. The van der Waals surface area contributed by atoms with Gasteiger partial charge in [0.05, 0.1) is 11.3 Å². The Balaban J connectivity index is 2.26. The second-order valence-electron chi connectivity index (χ2n) is 5.67. The first-order chi connectivity index (χ1) is 12.2. The van der Waals surface area contributed by atoms with Crippen LogP contribution < -0.4 is 10.1 Å². The van der Waals surface area contributed by atoms with E-state index in [0.717, 1.165) is 6.26 Å². The lowest BCUT2D eigenvalue weighted by molar-refractivity contribution is -0.119. The van der Waals surface area contributed by atoms with Crippen LogP contribution in [-0.2, 0) is 21.7 Å². The molecule has 10 heteroatoms. The zero-order valence-electron chi connectivity index (χ0n) is 14.2. The summed E-state index contributed by atoms with van der Waals surface area (Å²) in [5, 5.41) is 4.37. The highest BCUT2D eigenvalue weighted by molar-refractivity contribution is 9.10. The molecular formula is C16H18BrN3O4S2. The molecule has 0 aliphatic heterocycles. The number of halogens is 1. The molecule has 1 heterocycles. The van der Waals surface area contributed by atoms with Crippen LogP contribution >= 0.6 is 27.3 Å². The quantitative estimate of drug-likeness (QED) is 0.707. The molecule has 0 fully saturated rings. The van der Waals surface area contributed by atoms with Crippen molar-refractivity contribution in [1.29, 1.82) is 0 Å². The van der Waals surface area contributed by atoms with Crippen LogP contribution in [0.2, 0.25) is 0 Å². The molecule has 140 valence electrons. The van der Waals surface area contributed by atoms with E-state index in [-0.39, 0.29) is 12.2 Å². The maximum Gasteiger partial charge on any atom is 0.270 e. The summed E-state index contributed by atoms with van der Waals surface area (Å²) in [6, 6.07) is 5.74. The van der Waals surface area contributed by atoms with Crippen molar-refractivity contribution in [2.45, 2.75) is 12.5 Å². The predicted octanol–water partition coefficient (Wildman–Crippen LogP) is 1.51. The number of carbonyl (C=O) groups is 2. The Morgan fingerprint density at radius 3 is 2.62 bits per heavy atom. The molecule has 2 amide bonds. The van der Waals surface area contributed by atoms with Crippen LogP contribution in [0, 0.1) is 0 Å². The Bertz CT molecular complexity index is 979. The number of aromatic nitrogens is 1. The Kier molecular flexibility index (Phi) is 6.90. The molecule has 26 heavy (non-hydrogen) atoms. The molecule has 0 aliphatic carbocycles. The number of thiazole rings is 1. The smallest absolute Gasteiger partial charge is 0.270 e. The average molecular weight is 460 g/mol. The van der Waals surface area contributed by atoms with E-state index in [4.69, 9.17) is 0 Å². The molecule has 0 saturated carbocycles. The van der Waals surface area contributed by atoms with Gasteiger partial charge in [-0.15, -0.1) is 11.3 Å². The number of hydrogen-bond acceptors (Lipinski definition) is 5. The molecular weight excluding hydrogens is 442 g/mol. The van der Waals surface area contributed by atoms with Crippen molar-refractivity contribution in [1.82, 2.24) is 9.88 Å². The number of nitrogens with one attached hydrogen (secondary N) is 1. The topological polar surface area (TPSA) is 97.6 Å². The predicted molar refractivity (Wildman–Crippen MR) is 104 cm³/mol. The lowest BCUT2D eigenvalue weighted by atomic mass is 10.1. The van der Waals surface area contributed by atoms with Crippen molar-refractivity contribution in [3.05, 3.63) is 50.7 Å². The number of hydrogen-bond donors (Lipinski definition) is 1. The minimum Gasteiger partial charge on any atom is -0.340 e. The van der Waals surface area contributed by atoms with E-state index >= 15 is 0 Å². The third-order valence-electron chi connectivity index (χ3n) is 3.46. The average Bonchev–Trinajstić information content (AvgIpc) is 2.95. The van der Waals surface area contributed by atoms with E-state index in [1.165, 1.54) is 11.3 Å². The fourth-order valence-corrected chi connectivity index (χ4v) is 3.94. The van der Waals surface area contributed by atoms with Crippen LogP contribution in [0.4, 0.5) is 0 Å². The van der Waals surface area contributed by atoms with Gasteiger partial charge in [0.1, 0.15) is 15.9 Å². The summed E-state index contributed by atoms with van der Waals surface area (Å²) in [4.78, 5) is 29.5. The Morgan fingerprint density at radius 1 is 1.35 bits per heavy atom. The van der Waals surface area contributed by atoms with Crippen molar-refractivity contribution >= 4 is 48.9 Å². The van der Waals surface area contributed by atoms with Crippen LogP contribution in [0.15, 0.2) is 45.3 Å². The summed E-state index contributed by atoms with van der Waals surface area (Å²) in [5.41, 5.74) is 0.353. The van der Waals surface area contributed by atoms with Crippen LogP contribution in [0.25, 0.3) is 0 Å². The van der Waals surface area contributed by atoms with E-state index in [9.17, 15) is 18.0 Å². The van der Waals surface area contributed by atoms with Gasteiger partial charge >= 0.3 is 0 Å². The summed E-state index contributed by atoms with van der Waals surface area (Å²) in [7, 11) is -1.54. The fourth-order valence-electron chi connectivity index (χ4n) is 2.08. The number of carbonyl (C=O) groups excluding carboxylic acids is 2. The fraction of sp³-hybridized carbons (Fsp3) is 0.312. The van der Waals surface area contributed by atoms with Gasteiger partial charge in [0, 0.05) is 29.4 Å². The molecule has 1 N–H and O–H groups in total. The molecule has 7 nitrogen and oxygen atoms in total. The monoisotopic (exact) mass is 459 g/mol. The number of sulfone groups is 1. The van der Waals surface area contributed by atoms with Gasteiger partial charge in [0.2, 0.25) is 0 Å². The van der Waals surface area contributed by atoms with Crippen molar-refractivity contribution in [2.75, 3.05) is 12.0 Å². The number of benzene rings is 1. The minimum absolute atomic E-state index is 0.0492. The van der Waals surface area contributed by atoms with Gasteiger partial charge < -0.3 is 9.88 Å². The first-order valence-corrected chi connectivity index (χ1v) is 11.3. The van der Waals surface area contributed by atoms with Crippen molar-refractivity contribution in [3.8, 4) is 0 Å². The Hall–Kier alpha value is -1.78. The van der Waals surface area contributed by atoms with E-state index < -0.39 is 27.7 Å². The molecule has 1 atom stereocenters. The minimum atomic E-state index is -3.29. The van der Waals surface area contributed by atoms with Crippen molar-refractivity contribution in [2.24, 2.45) is 12.0 Å². The second-order valence-corrected chi connectivity index (χ2v) is 9.66. The molecule has 0 spiro atoms. The molecule has 0 radical (unpaired) electrons. The van der Waals surface area contributed by atoms with E-state index in [1.807, 2.05) is 0 Å². The lowest BCUT2D eigenvalue weighted by Crippen LogP contribution is -2.42. The SMILES string of the molecule is Cn1ccsc1=NC(=O)C(CCS(C)(=O)=O)NC(=O)c1ccccc1Br. The zero-order chi connectivity index (χ0) is 19.3. The summed E-state index contributed by atoms with van der Waals surface area (Å²) >= 11 is 4.56. The summed E-state index contributed by atoms with van der Waals surface area (Å²) < 4.78 is 25.2. The Labute approximate surface area is 163 Å². The largest absolute Gasteiger partial charge is 0.340 e. The van der Waals surface area contributed by atoms with Crippen LogP contribution in [0.3, 0.4) is 0 Å². The van der Waals surface area contributed by atoms with Gasteiger partial charge in [-0.3, -0.25) is 9.59 Å². The third kappa shape index (κ3) is 5.89. The van der Waals surface area contributed by atoms with Gasteiger partial charge in [0.15, 0.2) is 4.80 Å². The molecule has 0 aliphatic rings. The molecule has 2 rings (SSSR count). The van der Waals surface area contributed by atoms with Crippen molar-refractivity contribution in [3.63, 3.8) is 0 Å². The van der Waals surface area contributed by atoms with Crippen LogP contribution in [0.5, 0.6) is 0 Å². The van der Waals surface area contributed by atoms with Gasteiger partial charge in [0.25, 0.3) is 11.8 Å². The number of aryl methyl sites for hydroxylation is 1. The standard InChI is InChI=1S/C16H18BrN3O4S2/c1-20-8-9-25-16(20)19-15(22)13(7-10-26(2,23)24)18-14(21)11-5-3-4-6-12(11)17/h3-6,8-9,13H,7,10H2,1-2H3,(H,18,21). The molecule has 0 bridgehead atoms. The zero-order valence-corrected chi connectivity index (χ0v) is 17.4. The molecule has 1 unspecified atom stereocenters. The molecule has 0 saturated heterocycles. The van der Waals surface area contributed by atoms with Crippen LogP contribution in [-0.4, -0.2) is 42.8 Å². The number of rotatable bonds is 6. The first kappa shape index (κ1) is 20.5. The third-order valence-corrected chi connectivity index (χ3v) is 5.98. The van der Waals surface area contributed by atoms with Gasteiger partial charge in [-0.05, 0) is 34.5 Å². The summed E-state index contributed by atoms with van der Waals surface area (Å²) in [6.45, 7) is 0. The maximum absolute atomic E-state index is 12.5. The van der Waals surface area contributed by atoms with Gasteiger partial charge in [-0.2, -0.15) is 4.99 Å². The van der Waals surface area contributed by atoms with Gasteiger partial charge in [-0.25, -0.2) is 8.42 Å². The van der Waals surface area contributed by atoms with Crippen LogP contribution in [0.1, 0.15) is 16.8 Å². The summed E-state index contributed by atoms with van der Waals surface area (Å²) in [6.07, 6.45) is 2.79. The van der Waals surface area contributed by atoms with E-state index in [1.54, 1.807) is 47.5 Å². The molecule has 2 aromatic rings. The highest BCUT2D eigenvalue weighted by Crippen LogP contribution is 2.16. The normalized spacial score (nSPS) is 13.4. The highest BCUT2D eigenvalue weighted by Gasteiger charge is 2.23. The van der Waals surface area contributed by atoms with E-state index in [2.05, 4.69) is 26.2 Å². The van der Waals surface area contributed by atoms with E-state index in [0.29, 0.717) is 14.8 Å². The second kappa shape index (κ2) is 8.74. The molecule has 1 aromatic heterocycles. The number of nitrogens with zero attached hydrogens (tertiary/aromatic N) is 2. The lowest BCUT2D eigenvalue weighted by Gasteiger charge is -2.15. The Morgan fingerprint density at radius 2 is 2.04 bits per heavy atom.